The maximum absolute atomic E-state index is 4.86. The number of thioether (sulfide) groups is 1. The molecule has 2 aliphatic rings. The van der Waals surface area contributed by atoms with E-state index in [-0.39, 0.29) is 0 Å². The van der Waals surface area contributed by atoms with E-state index in [1.807, 2.05) is 18.8 Å². The van der Waals surface area contributed by atoms with Gasteiger partial charge in [0.1, 0.15) is 11.6 Å². The second-order valence-electron chi connectivity index (χ2n) is 5.23. The van der Waals surface area contributed by atoms with Gasteiger partial charge in [0.15, 0.2) is 0 Å². The van der Waals surface area contributed by atoms with Gasteiger partial charge in [-0.25, -0.2) is 9.97 Å². The second kappa shape index (κ2) is 5.58. The maximum Gasteiger partial charge on any atom is 0.149 e. The van der Waals surface area contributed by atoms with Crippen LogP contribution in [0.25, 0.3) is 0 Å². The van der Waals surface area contributed by atoms with E-state index in [9.17, 15) is 0 Å². The molecule has 3 rings (SSSR count). The zero-order chi connectivity index (χ0) is 13.4. The van der Waals surface area contributed by atoms with E-state index in [0.29, 0.717) is 12.0 Å². The van der Waals surface area contributed by atoms with Crippen LogP contribution >= 0.6 is 27.7 Å². The highest BCUT2D eigenvalue weighted by atomic mass is 79.9. The van der Waals surface area contributed by atoms with Crippen molar-refractivity contribution in [2.24, 2.45) is 0 Å². The highest BCUT2D eigenvalue weighted by Gasteiger charge is 2.31. The van der Waals surface area contributed by atoms with Gasteiger partial charge in [0.25, 0.3) is 0 Å². The van der Waals surface area contributed by atoms with Crippen LogP contribution in [0.2, 0.25) is 0 Å². The first-order valence-electron chi connectivity index (χ1n) is 6.73. The molecule has 104 valence electrons. The Labute approximate surface area is 126 Å². The van der Waals surface area contributed by atoms with Gasteiger partial charge >= 0.3 is 0 Å². The number of hydrogen-bond acceptors (Lipinski definition) is 5. The van der Waals surface area contributed by atoms with Crippen molar-refractivity contribution in [3.63, 3.8) is 0 Å². The van der Waals surface area contributed by atoms with Crippen molar-refractivity contribution in [3.8, 4) is 0 Å². The number of aromatic nitrogens is 2. The molecule has 19 heavy (non-hydrogen) atoms. The lowest BCUT2D eigenvalue weighted by Crippen LogP contribution is -2.34. The zero-order valence-electron chi connectivity index (χ0n) is 11.3. The van der Waals surface area contributed by atoms with Gasteiger partial charge in [0, 0.05) is 31.0 Å². The van der Waals surface area contributed by atoms with E-state index < -0.39 is 0 Å². The molecule has 1 aromatic heterocycles. The van der Waals surface area contributed by atoms with Crippen LogP contribution in [0.4, 0.5) is 5.82 Å². The highest BCUT2D eigenvalue weighted by Crippen LogP contribution is 2.44. The Bertz CT molecular complexity index is 478. The minimum absolute atomic E-state index is 0.344. The topological polar surface area (TPSA) is 41.1 Å². The van der Waals surface area contributed by atoms with Crippen molar-refractivity contribution < 1.29 is 0 Å². The second-order valence-corrected chi connectivity index (χ2v) is 7.17. The Hall–Kier alpha value is -0.330. The largest absolute Gasteiger partial charge is 0.372 e. The molecular formula is C13H19BrN4S. The van der Waals surface area contributed by atoms with Crippen LogP contribution in [0, 0.1) is 0 Å². The molecule has 0 radical (unpaired) electrons. The van der Waals surface area contributed by atoms with Gasteiger partial charge in [-0.3, -0.25) is 4.90 Å². The molecule has 4 nitrogen and oxygen atoms in total. The molecule has 0 bridgehead atoms. The summed E-state index contributed by atoms with van der Waals surface area (Å²) in [6, 6.07) is 0.344. The molecule has 2 fully saturated rings. The van der Waals surface area contributed by atoms with Crippen LogP contribution in [-0.4, -0.2) is 47.0 Å². The van der Waals surface area contributed by atoms with Gasteiger partial charge in [0.05, 0.1) is 16.2 Å². The molecule has 1 aliphatic carbocycles. The van der Waals surface area contributed by atoms with E-state index >= 15 is 0 Å². The van der Waals surface area contributed by atoms with Gasteiger partial charge in [-0.05, 0) is 35.8 Å². The molecule has 1 aliphatic heterocycles. The van der Waals surface area contributed by atoms with Crippen molar-refractivity contribution in [1.29, 1.82) is 0 Å². The van der Waals surface area contributed by atoms with E-state index in [1.165, 1.54) is 24.3 Å². The van der Waals surface area contributed by atoms with Crippen LogP contribution in [0.15, 0.2) is 4.47 Å². The minimum Gasteiger partial charge on any atom is -0.372 e. The lowest BCUT2D eigenvalue weighted by Gasteiger charge is -2.31. The number of nitrogens with zero attached hydrogens (tertiary/aromatic N) is 3. The lowest BCUT2D eigenvalue weighted by molar-refractivity contribution is 0.264. The van der Waals surface area contributed by atoms with E-state index in [2.05, 4.69) is 33.2 Å². The summed E-state index contributed by atoms with van der Waals surface area (Å²) >= 11 is 5.64. The molecule has 1 saturated carbocycles. The third-order valence-electron chi connectivity index (χ3n) is 3.79. The molecule has 1 saturated heterocycles. The molecule has 0 amide bonds. The van der Waals surface area contributed by atoms with Crippen molar-refractivity contribution >= 4 is 33.5 Å². The smallest absolute Gasteiger partial charge is 0.149 e. The SMILES string of the molecule is CNc1nc(C2CSCCN2C)nc(C2CC2)c1Br. The molecule has 0 spiro atoms. The van der Waals surface area contributed by atoms with Crippen LogP contribution in [-0.2, 0) is 0 Å². The van der Waals surface area contributed by atoms with Gasteiger partial charge < -0.3 is 5.32 Å². The Morgan fingerprint density at radius 3 is 2.79 bits per heavy atom. The first kappa shape index (κ1) is 13.6. The minimum atomic E-state index is 0.344. The molecule has 1 aromatic rings. The normalized spacial score (nSPS) is 24.5. The van der Waals surface area contributed by atoms with Gasteiger partial charge in [-0.1, -0.05) is 0 Å². The molecule has 1 unspecified atom stereocenters. The summed E-state index contributed by atoms with van der Waals surface area (Å²) in [5, 5.41) is 3.19. The van der Waals surface area contributed by atoms with Crippen LogP contribution in [0.1, 0.15) is 36.3 Å². The predicted octanol–water partition coefficient (Wildman–Crippen LogP) is 2.88. The third kappa shape index (κ3) is 2.76. The third-order valence-corrected chi connectivity index (χ3v) is 5.59. The zero-order valence-corrected chi connectivity index (χ0v) is 13.7. The number of hydrogen-bond donors (Lipinski definition) is 1. The van der Waals surface area contributed by atoms with Crippen molar-refractivity contribution in [3.05, 3.63) is 16.0 Å². The number of halogens is 1. The summed E-state index contributed by atoms with van der Waals surface area (Å²) < 4.78 is 1.05. The average Bonchev–Trinajstić information content (AvgIpc) is 3.24. The van der Waals surface area contributed by atoms with Crippen LogP contribution in [0.5, 0.6) is 0 Å². The van der Waals surface area contributed by atoms with Crippen LogP contribution in [0.3, 0.4) is 0 Å². The highest BCUT2D eigenvalue weighted by molar-refractivity contribution is 9.10. The van der Waals surface area contributed by atoms with Crippen LogP contribution < -0.4 is 5.32 Å². The van der Waals surface area contributed by atoms with E-state index in [1.54, 1.807) is 0 Å². The van der Waals surface area contributed by atoms with Gasteiger partial charge in [0.2, 0.25) is 0 Å². The standard InChI is InChI=1S/C13H19BrN4S/c1-15-13-10(14)11(8-3-4-8)16-12(17-13)9-7-19-6-5-18(9)2/h8-9H,3-7H2,1-2H3,(H,15,16,17). The fraction of sp³-hybridized carbons (Fsp3) is 0.692. The lowest BCUT2D eigenvalue weighted by atomic mass is 10.2. The summed E-state index contributed by atoms with van der Waals surface area (Å²) in [6.45, 7) is 1.11. The van der Waals surface area contributed by atoms with E-state index in [4.69, 9.17) is 9.97 Å². The van der Waals surface area contributed by atoms with Crippen molar-refractivity contribution in [2.75, 3.05) is 37.5 Å². The number of anilines is 1. The number of nitrogens with one attached hydrogen (secondary N) is 1. The Morgan fingerprint density at radius 1 is 1.37 bits per heavy atom. The fourth-order valence-electron chi connectivity index (χ4n) is 2.38. The molecule has 2 heterocycles. The average molecular weight is 343 g/mol. The molecule has 1 N–H and O–H groups in total. The number of rotatable bonds is 3. The first-order chi connectivity index (χ1) is 9.20. The predicted molar refractivity (Wildman–Crippen MR) is 83.9 cm³/mol. The van der Waals surface area contributed by atoms with Gasteiger partial charge in [-0.15, -0.1) is 0 Å². The monoisotopic (exact) mass is 342 g/mol. The summed E-state index contributed by atoms with van der Waals surface area (Å²) in [4.78, 5) is 11.9. The fourth-order valence-corrected chi connectivity index (χ4v) is 4.29. The van der Waals surface area contributed by atoms with Gasteiger partial charge in [-0.2, -0.15) is 11.8 Å². The summed E-state index contributed by atoms with van der Waals surface area (Å²) in [5.41, 5.74) is 1.19. The van der Waals surface area contributed by atoms with E-state index in [0.717, 1.165) is 28.4 Å². The van der Waals surface area contributed by atoms with Crippen molar-refractivity contribution in [1.82, 2.24) is 14.9 Å². The molecular weight excluding hydrogens is 324 g/mol. The summed E-state index contributed by atoms with van der Waals surface area (Å²) in [5.74, 6) is 4.83. The summed E-state index contributed by atoms with van der Waals surface area (Å²) in [7, 11) is 4.10. The Balaban J connectivity index is 1.98. The van der Waals surface area contributed by atoms with Crippen molar-refractivity contribution in [2.45, 2.75) is 24.8 Å². The maximum atomic E-state index is 4.86. The molecule has 1 atom stereocenters. The Morgan fingerprint density at radius 2 is 2.16 bits per heavy atom. The quantitative estimate of drug-likeness (QED) is 0.914. The molecule has 6 heteroatoms. The Kier molecular flexibility index (Phi) is 4.01. The summed E-state index contributed by atoms with van der Waals surface area (Å²) in [6.07, 6.45) is 2.51. The first-order valence-corrected chi connectivity index (χ1v) is 8.68. The molecule has 0 aromatic carbocycles.